The van der Waals surface area contributed by atoms with Crippen LogP contribution in [0.5, 0.6) is 0 Å². The van der Waals surface area contributed by atoms with E-state index in [9.17, 15) is 13.6 Å². The Balaban J connectivity index is 2.73. The zero-order valence-electron chi connectivity index (χ0n) is 8.02. The second-order valence-electron chi connectivity index (χ2n) is 3.24. The van der Waals surface area contributed by atoms with Gasteiger partial charge in [0, 0.05) is 11.6 Å². The van der Waals surface area contributed by atoms with Crippen molar-refractivity contribution < 1.29 is 18.7 Å². The van der Waals surface area contributed by atoms with Gasteiger partial charge in [-0.2, -0.15) is 0 Å². The first-order valence-electron chi connectivity index (χ1n) is 4.49. The Morgan fingerprint density at radius 3 is 2.75 bits per heavy atom. The molecule has 82 valence electrons. The maximum Gasteiger partial charge on any atom is 0.336 e. The summed E-state index contributed by atoms with van der Waals surface area (Å²) in [5, 5.41) is 9.71. The smallest absolute Gasteiger partial charge is 0.336 e. The highest BCUT2D eigenvalue weighted by Gasteiger charge is 2.13. The van der Waals surface area contributed by atoms with Crippen LogP contribution in [0.3, 0.4) is 0 Å². The van der Waals surface area contributed by atoms with Crippen LogP contribution in [-0.2, 0) is 0 Å². The molecule has 1 aromatic carbocycles. The number of hydrogen-bond donors (Lipinski definition) is 1. The molecule has 0 aliphatic carbocycles. The second-order valence-corrected chi connectivity index (χ2v) is 3.24. The number of aromatic carboxylic acids is 1. The van der Waals surface area contributed by atoms with E-state index in [1.807, 2.05) is 0 Å². The van der Waals surface area contributed by atoms with Gasteiger partial charge in [-0.05, 0) is 17.5 Å². The van der Waals surface area contributed by atoms with E-state index in [1.54, 1.807) is 12.1 Å². The van der Waals surface area contributed by atoms with Crippen molar-refractivity contribution in [3.63, 3.8) is 0 Å². The predicted octanol–water partition coefficient (Wildman–Crippen LogP) is 2.87. The summed E-state index contributed by atoms with van der Waals surface area (Å²) in [6, 6.07) is 5.67. The highest BCUT2D eigenvalue weighted by molar-refractivity contribution is 6.03. The molecule has 0 amide bonds. The number of carbonyl (C=O) groups is 1. The Hall–Kier alpha value is -2.04. The summed E-state index contributed by atoms with van der Waals surface area (Å²) in [6.45, 7) is 0. The molecule has 0 bridgehead atoms. The van der Waals surface area contributed by atoms with Crippen molar-refractivity contribution in [3.8, 4) is 0 Å². The molecule has 5 heteroatoms. The molecule has 2 aromatic rings. The molecule has 0 radical (unpaired) electrons. The SMILES string of the molecule is O=C(O)c1cccc2cnc(C(F)F)cc12. The topological polar surface area (TPSA) is 50.2 Å². The number of hydrogen-bond acceptors (Lipinski definition) is 2. The molecule has 16 heavy (non-hydrogen) atoms. The quantitative estimate of drug-likeness (QED) is 0.851. The van der Waals surface area contributed by atoms with E-state index in [0.29, 0.717) is 5.39 Å². The van der Waals surface area contributed by atoms with Crippen molar-refractivity contribution >= 4 is 16.7 Å². The lowest BCUT2D eigenvalue weighted by atomic mass is 10.1. The number of rotatable bonds is 2. The van der Waals surface area contributed by atoms with Crippen LogP contribution in [0.1, 0.15) is 22.5 Å². The van der Waals surface area contributed by atoms with Gasteiger partial charge >= 0.3 is 5.97 Å². The summed E-state index contributed by atoms with van der Waals surface area (Å²) in [7, 11) is 0. The summed E-state index contributed by atoms with van der Waals surface area (Å²) in [4.78, 5) is 14.5. The van der Waals surface area contributed by atoms with E-state index in [4.69, 9.17) is 5.11 Å². The molecule has 1 aromatic heterocycles. The molecule has 0 unspecified atom stereocenters. The fraction of sp³-hybridized carbons (Fsp3) is 0.0909. The fourth-order valence-electron chi connectivity index (χ4n) is 1.49. The standard InChI is InChI=1S/C11H7F2NO2/c12-10(13)9-4-8-6(5-14-9)2-1-3-7(8)11(15)16/h1-5,10H,(H,15,16). The maximum atomic E-state index is 12.4. The summed E-state index contributed by atoms with van der Waals surface area (Å²) in [6.07, 6.45) is -1.45. The van der Waals surface area contributed by atoms with Crippen LogP contribution in [0.2, 0.25) is 0 Å². The average Bonchev–Trinajstić information content (AvgIpc) is 2.27. The van der Waals surface area contributed by atoms with Crippen molar-refractivity contribution in [2.45, 2.75) is 6.43 Å². The molecule has 0 aliphatic heterocycles. The molecular weight excluding hydrogens is 216 g/mol. The molecule has 2 rings (SSSR count). The van der Waals surface area contributed by atoms with Gasteiger partial charge in [0.25, 0.3) is 6.43 Å². The highest BCUT2D eigenvalue weighted by Crippen LogP contribution is 2.23. The molecular formula is C11H7F2NO2. The molecule has 0 saturated carbocycles. The highest BCUT2D eigenvalue weighted by atomic mass is 19.3. The van der Waals surface area contributed by atoms with E-state index in [2.05, 4.69) is 4.98 Å². The number of alkyl halides is 2. The van der Waals surface area contributed by atoms with Gasteiger partial charge in [0.05, 0.1) is 5.56 Å². The lowest BCUT2D eigenvalue weighted by Gasteiger charge is -2.04. The maximum absolute atomic E-state index is 12.4. The number of benzene rings is 1. The summed E-state index contributed by atoms with van der Waals surface area (Å²) in [5.41, 5.74) is -0.414. The van der Waals surface area contributed by atoms with Gasteiger partial charge < -0.3 is 5.11 Å². The van der Waals surface area contributed by atoms with E-state index in [-0.39, 0.29) is 10.9 Å². The zero-order valence-corrected chi connectivity index (χ0v) is 8.02. The van der Waals surface area contributed by atoms with Crippen molar-refractivity contribution in [2.75, 3.05) is 0 Å². The number of nitrogens with zero attached hydrogens (tertiary/aromatic N) is 1. The van der Waals surface area contributed by atoms with Gasteiger partial charge in [-0.3, -0.25) is 4.98 Å². The second kappa shape index (κ2) is 3.84. The average molecular weight is 223 g/mol. The van der Waals surface area contributed by atoms with Crippen LogP contribution in [-0.4, -0.2) is 16.1 Å². The van der Waals surface area contributed by atoms with E-state index >= 15 is 0 Å². The van der Waals surface area contributed by atoms with Crippen LogP contribution < -0.4 is 0 Å². The number of pyridine rings is 1. The van der Waals surface area contributed by atoms with Crippen LogP contribution in [0.4, 0.5) is 8.78 Å². The molecule has 0 aliphatic rings. The first-order valence-corrected chi connectivity index (χ1v) is 4.49. The molecule has 1 N–H and O–H groups in total. The van der Waals surface area contributed by atoms with Crippen molar-refractivity contribution in [1.29, 1.82) is 0 Å². The number of aromatic nitrogens is 1. The molecule has 0 atom stereocenters. The molecule has 0 fully saturated rings. The monoisotopic (exact) mass is 223 g/mol. The van der Waals surface area contributed by atoms with Crippen molar-refractivity contribution in [1.82, 2.24) is 4.98 Å². The van der Waals surface area contributed by atoms with Gasteiger partial charge in [-0.25, -0.2) is 13.6 Å². The van der Waals surface area contributed by atoms with Gasteiger partial charge in [-0.1, -0.05) is 12.1 Å². The van der Waals surface area contributed by atoms with Crippen LogP contribution in [0.25, 0.3) is 10.8 Å². The Kier molecular flexibility index (Phi) is 2.52. The third kappa shape index (κ3) is 1.71. The molecule has 1 heterocycles. The Morgan fingerprint density at radius 1 is 1.38 bits per heavy atom. The summed E-state index contributed by atoms with van der Waals surface area (Å²) >= 11 is 0. The molecule has 0 spiro atoms. The Bertz CT molecular complexity index is 555. The minimum absolute atomic E-state index is 0.00167. The predicted molar refractivity (Wildman–Crippen MR) is 53.7 cm³/mol. The van der Waals surface area contributed by atoms with Crippen LogP contribution in [0.15, 0.2) is 30.5 Å². The van der Waals surface area contributed by atoms with E-state index in [0.717, 1.165) is 6.07 Å². The third-order valence-electron chi connectivity index (χ3n) is 2.24. The van der Waals surface area contributed by atoms with Crippen LogP contribution >= 0.6 is 0 Å². The van der Waals surface area contributed by atoms with E-state index < -0.39 is 18.1 Å². The lowest BCUT2D eigenvalue weighted by molar-refractivity contribution is 0.0699. The fourth-order valence-corrected chi connectivity index (χ4v) is 1.49. The first kappa shape index (κ1) is 10.5. The van der Waals surface area contributed by atoms with Gasteiger partial charge in [0.2, 0.25) is 0 Å². The van der Waals surface area contributed by atoms with Crippen LogP contribution in [0, 0.1) is 0 Å². The van der Waals surface area contributed by atoms with Crippen molar-refractivity contribution in [3.05, 3.63) is 41.7 Å². The van der Waals surface area contributed by atoms with Gasteiger partial charge in [0.15, 0.2) is 0 Å². The number of fused-ring (bicyclic) bond motifs is 1. The third-order valence-corrected chi connectivity index (χ3v) is 2.24. The summed E-state index contributed by atoms with van der Waals surface area (Å²) < 4.78 is 24.8. The minimum atomic E-state index is -2.70. The molecule has 0 saturated heterocycles. The van der Waals surface area contributed by atoms with Gasteiger partial charge in [0.1, 0.15) is 5.69 Å². The Labute approximate surface area is 89.3 Å². The summed E-state index contributed by atoms with van der Waals surface area (Å²) in [5.74, 6) is -1.14. The lowest BCUT2D eigenvalue weighted by Crippen LogP contribution is -1.99. The van der Waals surface area contributed by atoms with Crippen molar-refractivity contribution in [2.24, 2.45) is 0 Å². The largest absolute Gasteiger partial charge is 0.478 e. The zero-order chi connectivity index (χ0) is 11.7. The first-order chi connectivity index (χ1) is 7.59. The minimum Gasteiger partial charge on any atom is -0.478 e. The van der Waals surface area contributed by atoms with E-state index in [1.165, 1.54) is 12.3 Å². The normalized spacial score (nSPS) is 10.9. The number of carboxylic acids is 1. The number of halogens is 2. The number of carboxylic acid groups (broad SMARTS) is 1. The molecule has 3 nitrogen and oxygen atoms in total. The van der Waals surface area contributed by atoms with Gasteiger partial charge in [-0.15, -0.1) is 0 Å². The Morgan fingerprint density at radius 2 is 2.12 bits per heavy atom.